The van der Waals surface area contributed by atoms with E-state index in [1.54, 1.807) is 12.1 Å². The highest BCUT2D eigenvalue weighted by Gasteiger charge is 2.28. The summed E-state index contributed by atoms with van der Waals surface area (Å²) >= 11 is 0. The molecule has 20 heavy (non-hydrogen) atoms. The molecule has 3 heteroatoms. The van der Waals surface area contributed by atoms with Crippen molar-refractivity contribution in [3.05, 3.63) is 30.1 Å². The van der Waals surface area contributed by atoms with E-state index in [9.17, 15) is 4.39 Å². The van der Waals surface area contributed by atoms with E-state index in [-0.39, 0.29) is 5.82 Å². The molecule has 1 fully saturated rings. The van der Waals surface area contributed by atoms with Gasteiger partial charge in [0, 0.05) is 24.8 Å². The van der Waals surface area contributed by atoms with E-state index < -0.39 is 0 Å². The fourth-order valence-electron chi connectivity index (χ4n) is 2.95. The lowest BCUT2D eigenvalue weighted by atomic mass is 9.75. The molecular weight excluding hydrogens is 251 g/mol. The van der Waals surface area contributed by atoms with Gasteiger partial charge in [0.1, 0.15) is 5.82 Å². The Balaban J connectivity index is 1.70. The topological polar surface area (TPSA) is 15.3 Å². The molecule has 112 valence electrons. The Morgan fingerprint density at radius 3 is 2.40 bits per heavy atom. The minimum Gasteiger partial charge on any atom is -0.384 e. The molecular formula is C17H27FN2. The Kier molecular flexibility index (Phi) is 5.03. The van der Waals surface area contributed by atoms with Gasteiger partial charge in [-0.05, 0) is 62.4 Å². The lowest BCUT2D eigenvalue weighted by Crippen LogP contribution is -2.39. The van der Waals surface area contributed by atoms with Crippen LogP contribution in [0, 0.1) is 11.2 Å². The molecule has 2 rings (SSSR count). The first-order valence-corrected chi connectivity index (χ1v) is 7.66. The van der Waals surface area contributed by atoms with E-state index >= 15 is 0 Å². The number of anilines is 1. The van der Waals surface area contributed by atoms with Gasteiger partial charge in [0.15, 0.2) is 0 Å². The molecule has 1 aromatic rings. The van der Waals surface area contributed by atoms with Crippen LogP contribution in [0.15, 0.2) is 24.3 Å². The standard InChI is InChI=1S/C17H27FN2/c1-17(2)10-8-16(9-11-17)20(3)13-12-19-15-6-4-14(18)5-7-15/h4-7,16,19H,8-13H2,1-3H3. The van der Waals surface area contributed by atoms with Crippen LogP contribution in [0.4, 0.5) is 10.1 Å². The van der Waals surface area contributed by atoms with Crippen LogP contribution in [-0.2, 0) is 0 Å². The molecule has 0 spiro atoms. The molecule has 1 aromatic carbocycles. The third-order valence-corrected chi connectivity index (χ3v) is 4.57. The van der Waals surface area contributed by atoms with Crippen LogP contribution in [-0.4, -0.2) is 31.1 Å². The first kappa shape index (κ1) is 15.3. The fourth-order valence-corrected chi connectivity index (χ4v) is 2.95. The van der Waals surface area contributed by atoms with Gasteiger partial charge in [-0.1, -0.05) is 13.8 Å². The first-order valence-electron chi connectivity index (χ1n) is 7.66. The minimum atomic E-state index is -0.183. The highest BCUT2D eigenvalue weighted by molar-refractivity contribution is 5.42. The lowest BCUT2D eigenvalue weighted by molar-refractivity contribution is 0.131. The van der Waals surface area contributed by atoms with Crippen LogP contribution in [0.25, 0.3) is 0 Å². The summed E-state index contributed by atoms with van der Waals surface area (Å²) in [6.45, 7) is 6.68. The van der Waals surface area contributed by atoms with Crippen molar-refractivity contribution in [3.8, 4) is 0 Å². The lowest BCUT2D eigenvalue weighted by Gasteiger charge is -2.38. The van der Waals surface area contributed by atoms with Crippen molar-refractivity contribution in [2.45, 2.75) is 45.6 Å². The predicted octanol–water partition coefficient (Wildman–Crippen LogP) is 4.14. The normalized spacial score (nSPS) is 19.2. The van der Waals surface area contributed by atoms with E-state index in [2.05, 4.69) is 31.1 Å². The van der Waals surface area contributed by atoms with E-state index in [1.165, 1.54) is 37.8 Å². The van der Waals surface area contributed by atoms with Crippen molar-refractivity contribution in [2.24, 2.45) is 5.41 Å². The number of nitrogens with one attached hydrogen (secondary N) is 1. The maximum atomic E-state index is 12.8. The molecule has 0 saturated heterocycles. The summed E-state index contributed by atoms with van der Waals surface area (Å²) in [7, 11) is 2.22. The van der Waals surface area contributed by atoms with Crippen molar-refractivity contribution < 1.29 is 4.39 Å². The molecule has 0 bridgehead atoms. The van der Waals surface area contributed by atoms with Crippen LogP contribution >= 0.6 is 0 Å². The van der Waals surface area contributed by atoms with Gasteiger partial charge in [-0.2, -0.15) is 0 Å². The Hall–Kier alpha value is -1.09. The zero-order chi connectivity index (χ0) is 14.6. The Morgan fingerprint density at radius 2 is 1.80 bits per heavy atom. The monoisotopic (exact) mass is 278 g/mol. The second-order valence-electron chi connectivity index (χ2n) is 6.81. The predicted molar refractivity (Wildman–Crippen MR) is 83.6 cm³/mol. The van der Waals surface area contributed by atoms with Gasteiger partial charge in [-0.25, -0.2) is 4.39 Å². The number of hydrogen-bond acceptors (Lipinski definition) is 2. The second kappa shape index (κ2) is 6.57. The van der Waals surface area contributed by atoms with Gasteiger partial charge in [0.2, 0.25) is 0 Å². The number of rotatable bonds is 5. The zero-order valence-electron chi connectivity index (χ0n) is 13.0. The van der Waals surface area contributed by atoms with Crippen LogP contribution in [0.3, 0.4) is 0 Å². The number of halogens is 1. The summed E-state index contributed by atoms with van der Waals surface area (Å²) in [5.74, 6) is -0.183. The maximum Gasteiger partial charge on any atom is 0.123 e. The van der Waals surface area contributed by atoms with Crippen molar-refractivity contribution in [2.75, 3.05) is 25.5 Å². The SMILES string of the molecule is CN(CCNc1ccc(F)cc1)C1CCC(C)(C)CC1. The highest BCUT2D eigenvalue weighted by Crippen LogP contribution is 2.36. The van der Waals surface area contributed by atoms with Gasteiger partial charge in [-0.3, -0.25) is 0 Å². The van der Waals surface area contributed by atoms with Crippen LogP contribution in [0.5, 0.6) is 0 Å². The van der Waals surface area contributed by atoms with Gasteiger partial charge in [0.25, 0.3) is 0 Å². The molecule has 0 aliphatic heterocycles. The molecule has 0 heterocycles. The maximum absolute atomic E-state index is 12.8. The molecule has 2 nitrogen and oxygen atoms in total. The largest absolute Gasteiger partial charge is 0.384 e. The summed E-state index contributed by atoms with van der Waals surface area (Å²) in [5.41, 5.74) is 1.52. The minimum absolute atomic E-state index is 0.183. The molecule has 0 atom stereocenters. The van der Waals surface area contributed by atoms with Crippen molar-refractivity contribution >= 4 is 5.69 Å². The third-order valence-electron chi connectivity index (χ3n) is 4.57. The summed E-state index contributed by atoms with van der Waals surface area (Å²) in [6.07, 6.45) is 5.26. The van der Waals surface area contributed by atoms with Crippen LogP contribution in [0.2, 0.25) is 0 Å². The summed E-state index contributed by atoms with van der Waals surface area (Å²) < 4.78 is 12.8. The summed E-state index contributed by atoms with van der Waals surface area (Å²) in [4.78, 5) is 2.46. The van der Waals surface area contributed by atoms with Crippen molar-refractivity contribution in [1.82, 2.24) is 4.90 Å². The van der Waals surface area contributed by atoms with Gasteiger partial charge < -0.3 is 10.2 Å². The quantitative estimate of drug-likeness (QED) is 0.871. The Bertz CT molecular complexity index is 404. The summed E-state index contributed by atoms with van der Waals surface area (Å²) in [5, 5.41) is 3.35. The molecule has 1 N–H and O–H groups in total. The Labute approximate surface area is 122 Å². The average Bonchev–Trinajstić information content (AvgIpc) is 2.41. The van der Waals surface area contributed by atoms with E-state index in [1.807, 2.05) is 0 Å². The molecule has 0 amide bonds. The van der Waals surface area contributed by atoms with E-state index in [0.29, 0.717) is 5.41 Å². The first-order chi connectivity index (χ1) is 9.46. The fraction of sp³-hybridized carbons (Fsp3) is 0.647. The number of benzene rings is 1. The van der Waals surface area contributed by atoms with Crippen LogP contribution in [0.1, 0.15) is 39.5 Å². The molecule has 1 saturated carbocycles. The smallest absolute Gasteiger partial charge is 0.123 e. The van der Waals surface area contributed by atoms with E-state index in [0.717, 1.165) is 24.8 Å². The second-order valence-corrected chi connectivity index (χ2v) is 6.81. The molecule has 1 aliphatic carbocycles. The molecule has 1 aliphatic rings. The number of likely N-dealkylation sites (N-methyl/N-ethyl adjacent to an activating group) is 1. The molecule has 0 radical (unpaired) electrons. The van der Waals surface area contributed by atoms with Gasteiger partial charge in [0.05, 0.1) is 0 Å². The number of nitrogens with zero attached hydrogens (tertiary/aromatic N) is 1. The summed E-state index contributed by atoms with van der Waals surface area (Å²) in [6, 6.07) is 7.29. The highest BCUT2D eigenvalue weighted by atomic mass is 19.1. The van der Waals surface area contributed by atoms with Crippen LogP contribution < -0.4 is 5.32 Å². The average molecular weight is 278 g/mol. The van der Waals surface area contributed by atoms with Gasteiger partial charge in [-0.15, -0.1) is 0 Å². The van der Waals surface area contributed by atoms with E-state index in [4.69, 9.17) is 0 Å². The Morgan fingerprint density at radius 1 is 1.20 bits per heavy atom. The van der Waals surface area contributed by atoms with Crippen molar-refractivity contribution in [3.63, 3.8) is 0 Å². The molecule has 0 unspecified atom stereocenters. The molecule has 0 aromatic heterocycles. The van der Waals surface area contributed by atoms with Gasteiger partial charge >= 0.3 is 0 Å². The van der Waals surface area contributed by atoms with Crippen molar-refractivity contribution in [1.29, 1.82) is 0 Å². The number of hydrogen-bond donors (Lipinski definition) is 1. The third kappa shape index (κ3) is 4.48. The zero-order valence-corrected chi connectivity index (χ0v) is 13.0.